The van der Waals surface area contributed by atoms with Gasteiger partial charge in [0.25, 0.3) is 0 Å². The van der Waals surface area contributed by atoms with E-state index in [0.29, 0.717) is 23.2 Å². The number of thiazole rings is 1. The summed E-state index contributed by atoms with van der Waals surface area (Å²) in [7, 11) is 0. The van der Waals surface area contributed by atoms with Crippen LogP contribution in [0.2, 0.25) is 0 Å². The second-order valence-electron chi connectivity index (χ2n) is 5.04. The Morgan fingerprint density at radius 1 is 1.52 bits per heavy atom. The van der Waals surface area contributed by atoms with Crippen LogP contribution in [0.15, 0.2) is 21.9 Å². The molecule has 2 aromatic rings. The van der Waals surface area contributed by atoms with Crippen molar-refractivity contribution >= 4 is 28.7 Å². The zero-order valence-electron chi connectivity index (χ0n) is 13.3. The van der Waals surface area contributed by atoms with Crippen molar-refractivity contribution in [3.8, 4) is 11.5 Å². The molecule has 0 aliphatic carbocycles. The molecule has 0 atom stereocenters. The van der Waals surface area contributed by atoms with Gasteiger partial charge in [0.05, 0.1) is 13.1 Å². The summed E-state index contributed by atoms with van der Waals surface area (Å²) in [5.41, 5.74) is 0.719. The zero-order valence-corrected chi connectivity index (χ0v) is 14.2. The van der Waals surface area contributed by atoms with Crippen LogP contribution in [0.25, 0.3) is 11.5 Å². The monoisotopic (exact) mass is 336 g/mol. The number of hydrazine groups is 1. The van der Waals surface area contributed by atoms with E-state index in [1.54, 1.807) is 6.34 Å². The zero-order chi connectivity index (χ0) is 16.7. The fourth-order valence-electron chi connectivity index (χ4n) is 1.82. The first kappa shape index (κ1) is 17.0. The van der Waals surface area contributed by atoms with E-state index in [4.69, 9.17) is 10.3 Å². The molecule has 8 heteroatoms. The number of nitrogens with zero attached hydrogens (tertiary/aromatic N) is 2. The van der Waals surface area contributed by atoms with Gasteiger partial charge in [-0.25, -0.2) is 0 Å². The van der Waals surface area contributed by atoms with Gasteiger partial charge in [0.15, 0.2) is 11.5 Å². The highest BCUT2D eigenvalue weighted by Gasteiger charge is 2.15. The lowest BCUT2D eigenvalue weighted by atomic mass is 10.3. The molecule has 0 spiro atoms. The molecule has 23 heavy (non-hydrogen) atoms. The Morgan fingerprint density at radius 2 is 2.35 bits per heavy atom. The van der Waals surface area contributed by atoms with Crippen LogP contribution in [0.1, 0.15) is 32.4 Å². The maximum absolute atomic E-state index is 10.9. The Bertz CT molecular complexity index is 677. The van der Waals surface area contributed by atoms with Crippen molar-refractivity contribution in [2.75, 3.05) is 6.54 Å². The van der Waals surface area contributed by atoms with E-state index >= 15 is 0 Å². The normalized spacial score (nSPS) is 11.5. The molecule has 2 rings (SSSR count). The first-order valence-corrected chi connectivity index (χ1v) is 8.37. The largest absolute Gasteiger partial charge is 0.456 e. The predicted molar refractivity (Wildman–Crippen MR) is 90.4 cm³/mol. The number of hydrazone groups is 1. The van der Waals surface area contributed by atoms with E-state index < -0.39 is 0 Å². The van der Waals surface area contributed by atoms with Gasteiger partial charge < -0.3 is 15.1 Å². The van der Waals surface area contributed by atoms with Crippen LogP contribution in [0, 0.1) is 0 Å². The fourth-order valence-corrected chi connectivity index (χ4v) is 2.53. The minimum atomic E-state index is -0.0937. The summed E-state index contributed by atoms with van der Waals surface area (Å²) < 4.78 is 7.13. The van der Waals surface area contributed by atoms with Gasteiger partial charge in [0, 0.05) is 12.3 Å². The summed E-state index contributed by atoms with van der Waals surface area (Å²) in [6, 6.07) is 3.66. The lowest BCUT2D eigenvalue weighted by Crippen LogP contribution is -2.25. The Morgan fingerprint density at radius 3 is 3.09 bits per heavy atom. The quantitative estimate of drug-likeness (QED) is 0.171. The van der Waals surface area contributed by atoms with Crippen molar-refractivity contribution in [3.63, 3.8) is 0 Å². The van der Waals surface area contributed by atoms with E-state index in [1.165, 1.54) is 22.9 Å². The number of hydrogen-bond acceptors (Lipinski definition) is 5. The standard InChI is InChI=1S/C15H21N5O2S/c1-3-4-7-17-10-20(16)15-19-13(9-23-15)14-6-5-12(22-14)8-18-11(2)21/h5-6,9-10H,3-4,7-8,16H2,1-2H3,(H,18,21)/p+1. The second kappa shape index (κ2) is 8.33. The van der Waals surface area contributed by atoms with Crippen LogP contribution >= 0.6 is 11.3 Å². The molecule has 4 N–H and O–H groups in total. The van der Waals surface area contributed by atoms with Crippen molar-refractivity contribution in [1.29, 1.82) is 0 Å². The number of carbonyl (C=O) groups excluding carboxylic acids is 1. The molecule has 2 aromatic heterocycles. The molecule has 0 saturated heterocycles. The number of nitrogens with two attached hydrogens (primary N) is 1. The van der Waals surface area contributed by atoms with E-state index in [0.717, 1.165) is 25.1 Å². The van der Waals surface area contributed by atoms with E-state index in [9.17, 15) is 4.79 Å². The van der Waals surface area contributed by atoms with Gasteiger partial charge in [-0.2, -0.15) is 0 Å². The summed E-state index contributed by atoms with van der Waals surface area (Å²) in [6.07, 6.45) is 3.94. The number of aromatic nitrogens is 1. The Labute approximate surface area is 139 Å². The van der Waals surface area contributed by atoms with Crippen molar-refractivity contribution in [2.45, 2.75) is 33.2 Å². The average molecular weight is 336 g/mol. The smallest absolute Gasteiger partial charge is 0.343 e. The van der Waals surface area contributed by atoms with Crippen LogP contribution in [0.5, 0.6) is 0 Å². The number of nitrogens with one attached hydrogen (secondary N) is 2. The SMILES string of the molecule is CCCCNC=[N+](N)c1nc(-c2ccc(CNC(C)=O)o2)cs1. The minimum absolute atomic E-state index is 0.0937. The van der Waals surface area contributed by atoms with Crippen molar-refractivity contribution in [1.82, 2.24) is 15.6 Å². The maximum Gasteiger partial charge on any atom is 0.343 e. The Balaban J connectivity index is 2.00. The van der Waals surface area contributed by atoms with Crippen molar-refractivity contribution in [2.24, 2.45) is 5.84 Å². The van der Waals surface area contributed by atoms with Gasteiger partial charge in [0.1, 0.15) is 5.76 Å². The van der Waals surface area contributed by atoms with E-state index in [1.807, 2.05) is 17.5 Å². The van der Waals surface area contributed by atoms with Gasteiger partial charge >= 0.3 is 5.13 Å². The third-order valence-corrected chi connectivity index (χ3v) is 3.90. The highest BCUT2D eigenvalue weighted by molar-refractivity contribution is 7.13. The number of carbonyl (C=O) groups is 1. The first-order valence-electron chi connectivity index (χ1n) is 7.50. The molecule has 0 saturated carbocycles. The molecule has 2 heterocycles. The molecule has 0 bridgehead atoms. The summed E-state index contributed by atoms with van der Waals surface area (Å²) in [5.74, 6) is 7.18. The van der Waals surface area contributed by atoms with Gasteiger partial charge in [-0.3, -0.25) is 10.6 Å². The number of hydrogen-bond donors (Lipinski definition) is 3. The van der Waals surface area contributed by atoms with Gasteiger partial charge in [-0.05, 0) is 18.6 Å². The maximum atomic E-state index is 10.9. The molecule has 0 aromatic carbocycles. The number of amides is 1. The Kier molecular flexibility index (Phi) is 6.16. The number of rotatable bonds is 8. The van der Waals surface area contributed by atoms with Gasteiger partial charge in [-0.1, -0.05) is 29.7 Å². The van der Waals surface area contributed by atoms with Gasteiger partial charge in [0.2, 0.25) is 12.2 Å². The molecule has 0 radical (unpaired) electrons. The van der Waals surface area contributed by atoms with Crippen LogP contribution in [0.4, 0.5) is 5.13 Å². The molecule has 124 valence electrons. The third-order valence-electron chi connectivity index (χ3n) is 3.04. The molecular weight excluding hydrogens is 314 g/mol. The minimum Gasteiger partial charge on any atom is -0.456 e. The lowest BCUT2D eigenvalue weighted by Gasteiger charge is -1.97. The summed E-state index contributed by atoms with van der Waals surface area (Å²) in [4.78, 5) is 15.4. The summed E-state index contributed by atoms with van der Waals surface area (Å²) in [6.45, 7) is 4.85. The van der Waals surface area contributed by atoms with E-state index in [-0.39, 0.29) is 5.91 Å². The average Bonchev–Trinajstić information content (AvgIpc) is 3.17. The fraction of sp³-hybridized carbons (Fsp3) is 0.400. The molecule has 0 fully saturated rings. The number of unbranched alkanes of at least 4 members (excludes halogenated alkanes) is 1. The molecule has 0 aliphatic rings. The highest BCUT2D eigenvalue weighted by Crippen LogP contribution is 2.27. The van der Waals surface area contributed by atoms with Crippen LogP contribution < -0.4 is 16.5 Å². The molecule has 1 amide bonds. The van der Waals surface area contributed by atoms with E-state index in [2.05, 4.69) is 22.5 Å². The molecule has 0 aliphatic heterocycles. The van der Waals surface area contributed by atoms with Crippen LogP contribution in [-0.2, 0) is 11.3 Å². The predicted octanol–water partition coefficient (Wildman–Crippen LogP) is 1.97. The lowest BCUT2D eigenvalue weighted by molar-refractivity contribution is -0.449. The topological polar surface area (TPSA) is 96.2 Å². The molecule has 7 nitrogen and oxygen atoms in total. The highest BCUT2D eigenvalue weighted by atomic mass is 32.1. The van der Waals surface area contributed by atoms with Crippen LogP contribution in [-0.4, -0.2) is 28.5 Å². The van der Waals surface area contributed by atoms with Crippen LogP contribution in [0.3, 0.4) is 0 Å². The third kappa shape index (κ3) is 5.10. The molecule has 0 unspecified atom stereocenters. The second-order valence-corrected chi connectivity index (χ2v) is 5.87. The summed E-state index contributed by atoms with van der Waals surface area (Å²) in [5, 5.41) is 8.39. The van der Waals surface area contributed by atoms with Crippen molar-refractivity contribution < 1.29 is 13.9 Å². The first-order chi connectivity index (χ1) is 11.1. The molecular formula is C15H22N5O2S+. The van der Waals surface area contributed by atoms with Crippen molar-refractivity contribution in [3.05, 3.63) is 23.3 Å². The summed E-state index contributed by atoms with van der Waals surface area (Å²) >= 11 is 1.43. The number of furan rings is 1. The Hall–Kier alpha value is -2.35. The van der Waals surface area contributed by atoms with Gasteiger partial charge in [-0.15, -0.1) is 4.68 Å².